The standard InChI is InChI=1S/CH3NO2.F2HO2P/c1-2(3)4;1-5(2,3)4/h1H3;(H,3,4). The molecule has 0 unspecified atom stereocenters. The maximum absolute atomic E-state index is 10.1. The topological polar surface area (TPSA) is 80.4 Å². The van der Waals surface area contributed by atoms with E-state index in [0.717, 1.165) is 7.05 Å². The second kappa shape index (κ2) is 4.34. The first-order valence-electron chi connectivity index (χ1n) is 1.53. The highest BCUT2D eigenvalue weighted by Gasteiger charge is 2.09. The Morgan fingerprint density at radius 3 is 1.67 bits per heavy atom. The van der Waals surface area contributed by atoms with Crippen LogP contribution in [0.1, 0.15) is 0 Å². The molecule has 0 bridgehead atoms. The first-order chi connectivity index (χ1) is 3.73. The van der Waals surface area contributed by atoms with Crippen molar-refractivity contribution in [3.63, 3.8) is 0 Å². The molecular weight excluding hydrogens is 159 g/mol. The Balaban J connectivity index is 0. The van der Waals surface area contributed by atoms with Gasteiger partial charge in [0.1, 0.15) is 0 Å². The lowest BCUT2D eigenvalue weighted by molar-refractivity contribution is -0.445. The molecule has 0 radical (unpaired) electrons. The summed E-state index contributed by atoms with van der Waals surface area (Å²) in [5.74, 6) is 0. The minimum absolute atomic E-state index is 0.500. The predicted molar refractivity (Wildman–Crippen MR) is 25.0 cm³/mol. The third-order valence-corrected chi connectivity index (χ3v) is 0. The molecule has 0 saturated heterocycles. The molecule has 0 amide bonds. The maximum Gasteiger partial charge on any atom is 0.549 e. The quantitative estimate of drug-likeness (QED) is 0.327. The lowest BCUT2D eigenvalue weighted by Gasteiger charge is -1.73. The Bertz CT molecular complexity index is 118. The molecule has 5 nitrogen and oxygen atoms in total. The molecule has 0 aliphatic heterocycles. The first-order valence-corrected chi connectivity index (χ1v) is 2.97. The Labute approximate surface area is 49.1 Å². The fourth-order valence-electron chi connectivity index (χ4n) is 0. The molecule has 0 saturated carbocycles. The van der Waals surface area contributed by atoms with Gasteiger partial charge in [-0.05, 0) is 0 Å². The van der Waals surface area contributed by atoms with Gasteiger partial charge in [-0.1, -0.05) is 0 Å². The molecule has 9 heavy (non-hydrogen) atoms. The maximum atomic E-state index is 10.1. The van der Waals surface area contributed by atoms with Crippen LogP contribution in [0.5, 0.6) is 0 Å². The molecule has 0 atom stereocenters. The van der Waals surface area contributed by atoms with Gasteiger partial charge in [-0.15, -0.1) is 8.39 Å². The molecule has 0 aromatic heterocycles. The van der Waals surface area contributed by atoms with Crippen LogP contribution < -0.4 is 0 Å². The molecule has 0 heterocycles. The highest BCUT2D eigenvalue weighted by Crippen LogP contribution is 2.43. The number of rotatable bonds is 0. The van der Waals surface area contributed by atoms with Crippen molar-refractivity contribution in [2.24, 2.45) is 0 Å². The summed E-state index contributed by atoms with van der Waals surface area (Å²) in [7, 11) is -4.75. The van der Waals surface area contributed by atoms with Crippen LogP contribution in [0.15, 0.2) is 0 Å². The number of halogens is 2. The average molecular weight is 163 g/mol. The van der Waals surface area contributed by atoms with Gasteiger partial charge in [-0.25, -0.2) is 4.57 Å². The second-order valence-electron chi connectivity index (χ2n) is 0.874. The van der Waals surface area contributed by atoms with Crippen molar-refractivity contribution in [2.75, 3.05) is 7.05 Å². The Hall–Kier alpha value is -0.550. The molecule has 56 valence electrons. The average Bonchev–Trinajstić information content (AvgIpc) is 1.19. The van der Waals surface area contributed by atoms with E-state index in [4.69, 9.17) is 19.6 Å². The lowest BCUT2D eigenvalue weighted by atomic mass is 11.5. The molecular formula is CH4F2NO4P. The number of hydrogen-bond acceptors (Lipinski definition) is 3. The van der Waals surface area contributed by atoms with Crippen molar-refractivity contribution in [2.45, 2.75) is 0 Å². The van der Waals surface area contributed by atoms with E-state index >= 15 is 0 Å². The summed E-state index contributed by atoms with van der Waals surface area (Å²) < 4.78 is 28.7. The van der Waals surface area contributed by atoms with Gasteiger partial charge in [-0.2, -0.15) is 0 Å². The van der Waals surface area contributed by atoms with Crippen LogP contribution >= 0.6 is 7.99 Å². The predicted octanol–water partition coefficient (Wildman–Crippen LogP) is 0.919. The monoisotopic (exact) mass is 163 g/mol. The van der Waals surface area contributed by atoms with Crippen molar-refractivity contribution < 1.29 is 22.8 Å². The SMILES string of the molecule is C[N+](=O)[O-].O=P(O)(F)F. The Kier molecular flexibility index (Phi) is 5.44. The molecule has 0 aromatic carbocycles. The Morgan fingerprint density at radius 2 is 1.67 bits per heavy atom. The summed E-state index contributed by atoms with van der Waals surface area (Å²) in [6.45, 7) is 0. The third-order valence-electron chi connectivity index (χ3n) is 0. The van der Waals surface area contributed by atoms with E-state index in [0.29, 0.717) is 0 Å². The molecule has 0 aliphatic carbocycles. The fraction of sp³-hybridized carbons (Fsp3) is 1.00. The van der Waals surface area contributed by atoms with Crippen LogP contribution in [-0.4, -0.2) is 16.9 Å². The van der Waals surface area contributed by atoms with Gasteiger partial charge in [-0.3, -0.25) is 15.0 Å². The molecule has 0 spiro atoms. The van der Waals surface area contributed by atoms with Crippen molar-refractivity contribution in [3.8, 4) is 0 Å². The number of nitrogens with zero attached hydrogens (tertiary/aromatic N) is 1. The zero-order valence-corrected chi connectivity index (χ0v) is 5.22. The van der Waals surface area contributed by atoms with Gasteiger partial charge in [0, 0.05) is 4.92 Å². The van der Waals surface area contributed by atoms with E-state index in [1.807, 2.05) is 0 Å². The van der Waals surface area contributed by atoms with Crippen molar-refractivity contribution in [1.82, 2.24) is 0 Å². The van der Waals surface area contributed by atoms with Crippen LogP contribution in [0.4, 0.5) is 8.39 Å². The van der Waals surface area contributed by atoms with Gasteiger partial charge in [0.25, 0.3) is 0 Å². The van der Waals surface area contributed by atoms with E-state index < -0.39 is 12.9 Å². The van der Waals surface area contributed by atoms with Gasteiger partial charge < -0.3 is 0 Å². The van der Waals surface area contributed by atoms with Gasteiger partial charge in [0.2, 0.25) is 0 Å². The summed E-state index contributed by atoms with van der Waals surface area (Å²) >= 11 is 0. The van der Waals surface area contributed by atoms with Crippen LogP contribution in [0.3, 0.4) is 0 Å². The fourth-order valence-corrected chi connectivity index (χ4v) is 0. The van der Waals surface area contributed by atoms with Crippen LogP contribution in [0, 0.1) is 10.1 Å². The second-order valence-corrected chi connectivity index (χ2v) is 1.74. The van der Waals surface area contributed by atoms with Gasteiger partial charge in [0.05, 0.1) is 0 Å². The summed E-state index contributed by atoms with van der Waals surface area (Å²) in [5.41, 5.74) is 0. The summed E-state index contributed by atoms with van der Waals surface area (Å²) in [4.78, 5) is 15.0. The highest BCUT2D eigenvalue weighted by molar-refractivity contribution is 7.46. The van der Waals surface area contributed by atoms with Crippen LogP contribution in [0.25, 0.3) is 0 Å². The smallest absolute Gasteiger partial charge is 0.296 e. The molecule has 8 heteroatoms. The highest BCUT2D eigenvalue weighted by atomic mass is 31.2. The number of hydrogen-bond donors (Lipinski definition) is 1. The van der Waals surface area contributed by atoms with Crippen molar-refractivity contribution in [1.29, 1.82) is 0 Å². The van der Waals surface area contributed by atoms with Crippen molar-refractivity contribution >= 4 is 7.99 Å². The van der Waals surface area contributed by atoms with Crippen molar-refractivity contribution in [3.05, 3.63) is 10.1 Å². The van der Waals surface area contributed by atoms with Gasteiger partial charge >= 0.3 is 7.99 Å². The molecule has 0 rings (SSSR count). The van der Waals surface area contributed by atoms with E-state index in [1.54, 1.807) is 0 Å². The van der Waals surface area contributed by atoms with E-state index in [2.05, 4.69) is 0 Å². The van der Waals surface area contributed by atoms with E-state index in [-0.39, 0.29) is 0 Å². The largest absolute Gasteiger partial charge is 0.549 e. The summed E-state index contributed by atoms with van der Waals surface area (Å²) in [5, 5.41) is 8.81. The first kappa shape index (κ1) is 11.3. The third kappa shape index (κ3) is 732. The van der Waals surface area contributed by atoms with E-state index in [9.17, 15) is 8.39 Å². The Morgan fingerprint density at radius 1 is 1.67 bits per heavy atom. The minimum atomic E-state index is -5.64. The zero-order valence-electron chi connectivity index (χ0n) is 4.32. The molecule has 0 aromatic rings. The molecule has 0 fully saturated rings. The van der Waals surface area contributed by atoms with Crippen LogP contribution in [0.2, 0.25) is 0 Å². The van der Waals surface area contributed by atoms with E-state index in [1.165, 1.54) is 0 Å². The van der Waals surface area contributed by atoms with Gasteiger partial charge in [0.15, 0.2) is 7.05 Å². The normalized spacial score (nSPS) is 9.33. The van der Waals surface area contributed by atoms with Crippen LogP contribution in [-0.2, 0) is 4.57 Å². The zero-order chi connectivity index (χ0) is 8.08. The summed E-state index contributed by atoms with van der Waals surface area (Å²) in [6, 6.07) is 0. The minimum Gasteiger partial charge on any atom is -0.296 e. The molecule has 1 N–H and O–H groups in total. The lowest BCUT2D eigenvalue weighted by Crippen LogP contribution is -1.79. The summed E-state index contributed by atoms with van der Waals surface area (Å²) in [6.07, 6.45) is 0. The number of nitro groups is 1. The molecule has 0 aliphatic rings.